The molecule has 2 N–H and O–H groups in total. The van der Waals surface area contributed by atoms with Gasteiger partial charge in [0, 0.05) is 13.1 Å². The molecule has 1 aromatic rings. The molecule has 0 unspecified atom stereocenters. The van der Waals surface area contributed by atoms with Crippen LogP contribution in [0.15, 0.2) is 18.2 Å². The van der Waals surface area contributed by atoms with Gasteiger partial charge in [0.15, 0.2) is 0 Å². The molecule has 0 spiro atoms. The van der Waals surface area contributed by atoms with E-state index in [1.54, 1.807) is 0 Å². The average Bonchev–Trinajstić information content (AvgIpc) is 2.19. The van der Waals surface area contributed by atoms with Crippen molar-refractivity contribution < 1.29 is 0 Å². The lowest BCUT2D eigenvalue weighted by molar-refractivity contribution is 0.792. The van der Waals surface area contributed by atoms with E-state index in [2.05, 4.69) is 43.9 Å². The molecule has 0 aromatic heterocycles. The van der Waals surface area contributed by atoms with Gasteiger partial charge in [-0.05, 0) is 31.9 Å². The Hall–Kier alpha value is -1.18. The molecule has 2 nitrogen and oxygen atoms in total. The summed E-state index contributed by atoms with van der Waals surface area (Å²) in [6, 6.07) is 6.22. The fourth-order valence-corrected chi connectivity index (χ4v) is 1.66. The summed E-state index contributed by atoms with van der Waals surface area (Å²) in [5.41, 5.74) is 9.31. The number of hydrogen-bond donors (Lipinski definition) is 1. The molecule has 0 aliphatic rings. The van der Waals surface area contributed by atoms with Gasteiger partial charge >= 0.3 is 0 Å². The molecule has 1 rings (SSSR count). The Morgan fingerprint density at radius 3 is 2.57 bits per heavy atom. The first-order valence-electron chi connectivity index (χ1n) is 5.30. The minimum absolute atomic E-state index is 0.919. The summed E-state index contributed by atoms with van der Waals surface area (Å²) in [5, 5.41) is 0. The lowest BCUT2D eigenvalue weighted by Crippen LogP contribution is -2.24. The SMILES string of the molecule is CCCN(CC)c1cccc(C)c1N. The molecule has 0 atom stereocenters. The van der Waals surface area contributed by atoms with Crippen molar-refractivity contribution in [1.82, 2.24) is 0 Å². The fourth-order valence-electron chi connectivity index (χ4n) is 1.66. The number of nitrogen functional groups attached to an aromatic ring is 1. The van der Waals surface area contributed by atoms with Crippen LogP contribution >= 0.6 is 0 Å². The van der Waals surface area contributed by atoms with Gasteiger partial charge in [0.05, 0.1) is 11.4 Å². The minimum Gasteiger partial charge on any atom is -0.397 e. The van der Waals surface area contributed by atoms with Crippen LogP contribution in [0.25, 0.3) is 0 Å². The molecule has 14 heavy (non-hydrogen) atoms. The van der Waals surface area contributed by atoms with Crippen LogP contribution in [0.1, 0.15) is 25.8 Å². The van der Waals surface area contributed by atoms with Crippen molar-refractivity contribution in [2.75, 3.05) is 23.7 Å². The molecular weight excluding hydrogens is 172 g/mol. The van der Waals surface area contributed by atoms with Crippen molar-refractivity contribution in [1.29, 1.82) is 0 Å². The highest BCUT2D eigenvalue weighted by atomic mass is 15.1. The Morgan fingerprint density at radius 1 is 1.29 bits per heavy atom. The predicted octanol–water partition coefficient (Wildman–Crippen LogP) is 2.81. The zero-order chi connectivity index (χ0) is 10.6. The van der Waals surface area contributed by atoms with Crippen LogP contribution in [0.3, 0.4) is 0 Å². The molecule has 0 radical (unpaired) electrons. The number of nitrogens with zero attached hydrogens (tertiary/aromatic N) is 1. The van der Waals surface area contributed by atoms with Crippen molar-refractivity contribution in [3.63, 3.8) is 0 Å². The molecule has 0 amide bonds. The van der Waals surface area contributed by atoms with E-state index in [9.17, 15) is 0 Å². The Kier molecular flexibility index (Phi) is 3.81. The van der Waals surface area contributed by atoms with Gasteiger partial charge < -0.3 is 10.6 Å². The number of rotatable bonds is 4. The van der Waals surface area contributed by atoms with Crippen LogP contribution < -0.4 is 10.6 Å². The first kappa shape index (κ1) is 10.9. The van der Waals surface area contributed by atoms with Gasteiger partial charge in [-0.25, -0.2) is 0 Å². The molecule has 0 aliphatic carbocycles. The smallest absolute Gasteiger partial charge is 0.0602 e. The third kappa shape index (κ3) is 2.19. The topological polar surface area (TPSA) is 29.3 Å². The maximum Gasteiger partial charge on any atom is 0.0602 e. The molecule has 0 bridgehead atoms. The van der Waals surface area contributed by atoms with Crippen LogP contribution in [0.4, 0.5) is 11.4 Å². The van der Waals surface area contributed by atoms with Crippen molar-refractivity contribution in [3.05, 3.63) is 23.8 Å². The van der Waals surface area contributed by atoms with E-state index in [1.807, 2.05) is 0 Å². The Bertz CT molecular complexity index is 294. The molecule has 0 saturated carbocycles. The summed E-state index contributed by atoms with van der Waals surface area (Å²) in [4.78, 5) is 2.32. The summed E-state index contributed by atoms with van der Waals surface area (Å²) >= 11 is 0. The minimum atomic E-state index is 0.919. The van der Waals surface area contributed by atoms with Gasteiger partial charge in [-0.3, -0.25) is 0 Å². The van der Waals surface area contributed by atoms with Crippen molar-refractivity contribution in [3.8, 4) is 0 Å². The highest BCUT2D eigenvalue weighted by Crippen LogP contribution is 2.25. The van der Waals surface area contributed by atoms with Gasteiger partial charge in [0.25, 0.3) is 0 Å². The van der Waals surface area contributed by atoms with Crippen LogP contribution in [0, 0.1) is 6.92 Å². The molecule has 2 heteroatoms. The first-order chi connectivity index (χ1) is 6.70. The monoisotopic (exact) mass is 192 g/mol. The van der Waals surface area contributed by atoms with Crippen LogP contribution in [0.2, 0.25) is 0 Å². The standard InChI is InChI=1S/C12H20N2/c1-4-9-14(5-2)11-8-6-7-10(3)12(11)13/h6-8H,4-5,9,13H2,1-3H3. The summed E-state index contributed by atoms with van der Waals surface area (Å²) in [7, 11) is 0. The number of para-hydroxylation sites is 1. The van der Waals surface area contributed by atoms with Crippen LogP contribution in [-0.4, -0.2) is 13.1 Å². The van der Waals surface area contributed by atoms with E-state index in [0.717, 1.165) is 30.8 Å². The highest BCUT2D eigenvalue weighted by molar-refractivity contribution is 5.70. The zero-order valence-electron chi connectivity index (χ0n) is 9.38. The molecule has 1 aromatic carbocycles. The maximum absolute atomic E-state index is 6.05. The quantitative estimate of drug-likeness (QED) is 0.743. The molecule has 0 aliphatic heterocycles. The van der Waals surface area contributed by atoms with Gasteiger partial charge in [-0.1, -0.05) is 19.1 Å². The second-order valence-corrected chi connectivity index (χ2v) is 3.59. The zero-order valence-corrected chi connectivity index (χ0v) is 9.38. The number of benzene rings is 1. The van der Waals surface area contributed by atoms with E-state index in [4.69, 9.17) is 5.73 Å². The number of anilines is 2. The highest BCUT2D eigenvalue weighted by Gasteiger charge is 2.07. The lowest BCUT2D eigenvalue weighted by atomic mass is 10.1. The van der Waals surface area contributed by atoms with E-state index in [1.165, 1.54) is 5.69 Å². The van der Waals surface area contributed by atoms with Crippen LogP contribution in [0.5, 0.6) is 0 Å². The summed E-state index contributed by atoms with van der Waals surface area (Å²) < 4.78 is 0. The van der Waals surface area contributed by atoms with Gasteiger partial charge in [-0.15, -0.1) is 0 Å². The Labute approximate surface area is 86.7 Å². The third-order valence-corrected chi connectivity index (χ3v) is 2.52. The number of hydrogen-bond acceptors (Lipinski definition) is 2. The van der Waals surface area contributed by atoms with Gasteiger partial charge in [0.2, 0.25) is 0 Å². The van der Waals surface area contributed by atoms with Crippen LogP contribution in [-0.2, 0) is 0 Å². The lowest BCUT2D eigenvalue weighted by Gasteiger charge is -2.24. The van der Waals surface area contributed by atoms with Crippen molar-refractivity contribution >= 4 is 11.4 Å². The van der Waals surface area contributed by atoms with Crippen molar-refractivity contribution in [2.45, 2.75) is 27.2 Å². The second-order valence-electron chi connectivity index (χ2n) is 3.59. The molecule has 0 saturated heterocycles. The molecule has 78 valence electrons. The maximum atomic E-state index is 6.05. The van der Waals surface area contributed by atoms with Crippen molar-refractivity contribution in [2.24, 2.45) is 0 Å². The largest absolute Gasteiger partial charge is 0.397 e. The normalized spacial score (nSPS) is 10.2. The summed E-state index contributed by atoms with van der Waals surface area (Å²) in [6.45, 7) is 8.50. The van der Waals surface area contributed by atoms with E-state index >= 15 is 0 Å². The second kappa shape index (κ2) is 4.89. The first-order valence-corrected chi connectivity index (χ1v) is 5.30. The van der Waals surface area contributed by atoms with E-state index in [0.29, 0.717) is 0 Å². The van der Waals surface area contributed by atoms with Gasteiger partial charge in [-0.2, -0.15) is 0 Å². The fraction of sp³-hybridized carbons (Fsp3) is 0.500. The molecule has 0 fully saturated rings. The third-order valence-electron chi connectivity index (χ3n) is 2.52. The Morgan fingerprint density at radius 2 is 2.00 bits per heavy atom. The average molecular weight is 192 g/mol. The molecular formula is C12H20N2. The summed E-state index contributed by atoms with van der Waals surface area (Å²) in [5.74, 6) is 0. The summed E-state index contributed by atoms with van der Waals surface area (Å²) in [6.07, 6.45) is 1.15. The number of aryl methyl sites for hydroxylation is 1. The van der Waals surface area contributed by atoms with E-state index in [-0.39, 0.29) is 0 Å². The molecule has 0 heterocycles. The van der Waals surface area contributed by atoms with E-state index < -0.39 is 0 Å². The Balaban J connectivity index is 2.97. The van der Waals surface area contributed by atoms with Gasteiger partial charge in [0.1, 0.15) is 0 Å². The predicted molar refractivity (Wildman–Crippen MR) is 63.8 cm³/mol. The number of nitrogens with two attached hydrogens (primary N) is 1.